The van der Waals surface area contributed by atoms with Gasteiger partial charge in [0.1, 0.15) is 12.4 Å². The Hall–Kier alpha value is -2.20. The number of benzene rings is 1. The van der Waals surface area contributed by atoms with Gasteiger partial charge in [-0.3, -0.25) is 24.0 Å². The number of carbonyl (C=O) groups excluding carboxylic acids is 2. The number of rotatable bonds is 8. The molecule has 1 aromatic carbocycles. The van der Waals surface area contributed by atoms with Crippen molar-refractivity contribution in [3.8, 4) is 0 Å². The summed E-state index contributed by atoms with van der Waals surface area (Å²) < 4.78 is 16.2. The zero-order chi connectivity index (χ0) is 22.7. The first-order valence-corrected chi connectivity index (χ1v) is 11.2. The van der Waals surface area contributed by atoms with E-state index in [0.29, 0.717) is 24.3 Å². The van der Waals surface area contributed by atoms with Crippen LogP contribution in [-0.4, -0.2) is 51.8 Å². The maximum absolute atomic E-state index is 14.7. The fraction of sp³-hybridized carbons (Fsp3) is 0.435. The van der Waals surface area contributed by atoms with Crippen LogP contribution in [0.15, 0.2) is 42.1 Å². The largest absolute Gasteiger partial charge is 0.297 e. The van der Waals surface area contributed by atoms with Crippen LogP contribution < -0.4 is 5.48 Å². The minimum Gasteiger partial charge on any atom is -0.297 e. The van der Waals surface area contributed by atoms with Gasteiger partial charge in [-0.05, 0) is 43.0 Å². The molecule has 1 N–H and O–H groups in total. The summed E-state index contributed by atoms with van der Waals surface area (Å²) in [5, 5.41) is 4.44. The second-order valence-corrected chi connectivity index (χ2v) is 8.89. The maximum atomic E-state index is 14.7. The Labute approximate surface area is 204 Å². The third kappa shape index (κ3) is 6.23. The summed E-state index contributed by atoms with van der Waals surface area (Å²) in [6.07, 6.45) is 6.16. The van der Waals surface area contributed by atoms with E-state index in [-0.39, 0.29) is 47.6 Å². The number of ketones is 1. The van der Waals surface area contributed by atoms with Crippen molar-refractivity contribution in [1.29, 1.82) is 0 Å². The third-order valence-corrected chi connectivity index (χ3v) is 6.42. The molecule has 2 atom stereocenters. The summed E-state index contributed by atoms with van der Waals surface area (Å²) in [5.41, 5.74) is 4.40. The van der Waals surface area contributed by atoms with Gasteiger partial charge in [-0.15, -0.1) is 12.4 Å². The standard InChI is InChI=1S/C23H27FN4O3S.ClH/c1-31-26-21(29)14-28-11-8-17(25-28)12-16-13-27(10-9-20(16)32)22(23(30)15-6-7-15)18-4-2-3-5-19(18)24;/h2-5,8,11-12,15,20,22,32H,6-7,9-10,13-14H2,1H3,(H,26,29);1H/b16-12+;. The minimum absolute atomic E-state index is 0. The van der Waals surface area contributed by atoms with Crippen molar-refractivity contribution in [2.24, 2.45) is 5.92 Å². The molecule has 1 aliphatic carbocycles. The highest BCUT2D eigenvalue weighted by atomic mass is 35.5. The van der Waals surface area contributed by atoms with Gasteiger partial charge in [-0.2, -0.15) is 17.7 Å². The monoisotopic (exact) mass is 494 g/mol. The van der Waals surface area contributed by atoms with E-state index >= 15 is 0 Å². The van der Waals surface area contributed by atoms with E-state index < -0.39 is 6.04 Å². The van der Waals surface area contributed by atoms with Gasteiger partial charge in [-0.1, -0.05) is 18.2 Å². The molecule has 2 heterocycles. The normalized spacial score (nSPS) is 20.8. The number of amides is 1. The average Bonchev–Trinajstić information content (AvgIpc) is 3.53. The number of likely N-dealkylation sites (tertiary alicyclic amines) is 1. The Bertz CT molecular complexity index is 1030. The number of carbonyl (C=O) groups is 2. The predicted octanol–water partition coefficient (Wildman–Crippen LogP) is 3.23. The van der Waals surface area contributed by atoms with Crippen molar-refractivity contribution in [3.63, 3.8) is 0 Å². The van der Waals surface area contributed by atoms with Gasteiger partial charge in [0.25, 0.3) is 5.91 Å². The van der Waals surface area contributed by atoms with Crippen LogP contribution in [0.3, 0.4) is 0 Å². The molecule has 10 heteroatoms. The number of piperidine rings is 1. The molecular weight excluding hydrogens is 467 g/mol. The first kappa shape index (κ1) is 25.4. The van der Waals surface area contributed by atoms with Crippen molar-refractivity contribution in [2.45, 2.75) is 37.1 Å². The highest BCUT2D eigenvalue weighted by Crippen LogP contribution is 2.39. The zero-order valence-electron chi connectivity index (χ0n) is 18.3. The molecule has 2 unspecified atom stereocenters. The third-order valence-electron chi connectivity index (χ3n) is 5.83. The summed E-state index contributed by atoms with van der Waals surface area (Å²) in [5.74, 6) is -0.537. The number of hydroxylamine groups is 1. The Morgan fingerprint density at radius 1 is 1.30 bits per heavy atom. The van der Waals surface area contributed by atoms with E-state index in [9.17, 15) is 14.0 Å². The Morgan fingerprint density at radius 3 is 2.76 bits per heavy atom. The summed E-state index contributed by atoms with van der Waals surface area (Å²) in [4.78, 5) is 31.5. The molecule has 0 bridgehead atoms. The summed E-state index contributed by atoms with van der Waals surface area (Å²) in [6, 6.07) is 7.77. The molecule has 1 amide bonds. The molecule has 0 radical (unpaired) electrons. The number of hydrogen-bond donors (Lipinski definition) is 2. The molecule has 2 fully saturated rings. The first-order valence-electron chi connectivity index (χ1n) is 10.7. The van der Waals surface area contributed by atoms with Crippen molar-refractivity contribution < 1.29 is 18.8 Å². The van der Waals surface area contributed by atoms with Crippen LogP contribution in [-0.2, 0) is 21.0 Å². The Kier molecular flexibility index (Phi) is 8.69. The lowest BCUT2D eigenvalue weighted by Crippen LogP contribution is -2.42. The number of aromatic nitrogens is 2. The van der Waals surface area contributed by atoms with Crippen LogP contribution in [0.5, 0.6) is 0 Å². The minimum atomic E-state index is -0.594. The van der Waals surface area contributed by atoms with E-state index in [4.69, 9.17) is 12.6 Å². The SMILES string of the molecule is CONC(=O)Cn1ccc(/C=C2\CN(C(C(=O)C3CC3)c3ccccc3F)CCC2S)n1.Cl. The van der Waals surface area contributed by atoms with E-state index in [1.807, 2.05) is 12.1 Å². The fourth-order valence-electron chi connectivity index (χ4n) is 4.10. The average molecular weight is 495 g/mol. The van der Waals surface area contributed by atoms with E-state index in [1.54, 1.807) is 24.4 Å². The molecule has 0 spiro atoms. The summed E-state index contributed by atoms with van der Waals surface area (Å²) in [7, 11) is 1.38. The van der Waals surface area contributed by atoms with Gasteiger partial charge in [0.2, 0.25) is 0 Å². The van der Waals surface area contributed by atoms with E-state index in [0.717, 1.165) is 24.8 Å². The van der Waals surface area contributed by atoms with Gasteiger partial charge in [0.15, 0.2) is 5.78 Å². The number of thiol groups is 1. The maximum Gasteiger partial charge on any atom is 0.265 e. The molecule has 4 rings (SSSR count). The number of Topliss-reactive ketones (excluding diaryl/α,β-unsaturated/α-hetero) is 1. The quantitative estimate of drug-likeness (QED) is 0.435. The molecule has 1 aliphatic heterocycles. The highest BCUT2D eigenvalue weighted by molar-refractivity contribution is 7.81. The van der Waals surface area contributed by atoms with Gasteiger partial charge >= 0.3 is 0 Å². The molecule has 2 aliphatic rings. The fourth-order valence-corrected chi connectivity index (χ4v) is 4.37. The van der Waals surface area contributed by atoms with Gasteiger partial charge in [-0.25, -0.2) is 9.87 Å². The van der Waals surface area contributed by atoms with Crippen LogP contribution in [0.25, 0.3) is 6.08 Å². The molecule has 1 aromatic heterocycles. The molecule has 1 saturated heterocycles. The number of nitrogens with zero attached hydrogens (tertiary/aromatic N) is 3. The molecule has 2 aromatic rings. The number of hydrogen-bond acceptors (Lipinski definition) is 6. The second-order valence-electron chi connectivity index (χ2n) is 8.26. The Morgan fingerprint density at radius 2 is 2.06 bits per heavy atom. The zero-order valence-corrected chi connectivity index (χ0v) is 20.0. The van der Waals surface area contributed by atoms with Gasteiger partial charge in [0.05, 0.1) is 18.8 Å². The van der Waals surface area contributed by atoms with Gasteiger partial charge < -0.3 is 0 Å². The van der Waals surface area contributed by atoms with Crippen molar-refractivity contribution in [2.75, 3.05) is 20.2 Å². The van der Waals surface area contributed by atoms with E-state index in [2.05, 4.69) is 20.3 Å². The van der Waals surface area contributed by atoms with Crippen LogP contribution in [0.2, 0.25) is 0 Å². The summed E-state index contributed by atoms with van der Waals surface area (Å²) >= 11 is 4.73. The summed E-state index contributed by atoms with van der Waals surface area (Å²) in [6.45, 7) is 1.20. The van der Waals surface area contributed by atoms with Crippen LogP contribution in [0.4, 0.5) is 4.39 Å². The molecule has 178 valence electrons. The van der Waals surface area contributed by atoms with Crippen LogP contribution >= 0.6 is 25.0 Å². The van der Waals surface area contributed by atoms with Crippen molar-refractivity contribution in [3.05, 3.63) is 59.2 Å². The first-order chi connectivity index (χ1) is 15.5. The topological polar surface area (TPSA) is 76.5 Å². The van der Waals surface area contributed by atoms with Crippen LogP contribution in [0, 0.1) is 11.7 Å². The smallest absolute Gasteiger partial charge is 0.265 e. The molecule has 1 saturated carbocycles. The Balaban J connectivity index is 0.00000306. The highest BCUT2D eigenvalue weighted by Gasteiger charge is 2.40. The number of halogens is 2. The second kappa shape index (κ2) is 11.3. The lowest BCUT2D eigenvalue weighted by molar-refractivity contribution is -0.132. The number of nitrogens with one attached hydrogen (secondary N) is 1. The molecule has 7 nitrogen and oxygen atoms in total. The molecular formula is C23H28ClFN4O3S. The predicted molar refractivity (Wildman–Crippen MR) is 128 cm³/mol. The van der Waals surface area contributed by atoms with Crippen molar-refractivity contribution in [1.82, 2.24) is 20.2 Å². The lowest BCUT2D eigenvalue weighted by atomic mass is 9.93. The van der Waals surface area contributed by atoms with Crippen LogP contribution in [0.1, 0.15) is 36.6 Å². The molecule has 33 heavy (non-hydrogen) atoms. The lowest BCUT2D eigenvalue weighted by Gasteiger charge is -2.37. The van der Waals surface area contributed by atoms with Crippen molar-refractivity contribution >= 4 is 42.8 Å². The van der Waals surface area contributed by atoms with Gasteiger partial charge in [0, 0.05) is 36.0 Å². The van der Waals surface area contributed by atoms with E-state index in [1.165, 1.54) is 17.9 Å².